The summed E-state index contributed by atoms with van der Waals surface area (Å²) in [6.07, 6.45) is 0. The third kappa shape index (κ3) is 3.63. The summed E-state index contributed by atoms with van der Waals surface area (Å²) in [5, 5.41) is 0. The predicted molar refractivity (Wildman–Crippen MR) is 73.8 cm³/mol. The van der Waals surface area contributed by atoms with Crippen LogP contribution in [0.4, 0.5) is 11.4 Å². The minimum Gasteiger partial charge on any atom is -0.399 e. The molecule has 0 aliphatic heterocycles. The Morgan fingerprint density at radius 1 is 1.39 bits per heavy atom. The van der Waals surface area contributed by atoms with E-state index in [1.54, 1.807) is 18.2 Å². The normalized spacial score (nSPS) is 10.3. The third-order valence-electron chi connectivity index (χ3n) is 2.72. The topological polar surface area (TPSA) is 81.6 Å². The first kappa shape index (κ1) is 14.3. The van der Waals surface area contributed by atoms with E-state index in [4.69, 9.17) is 16.2 Å². The van der Waals surface area contributed by atoms with Crippen molar-refractivity contribution in [3.8, 4) is 0 Å². The standard InChI is InChI=1S/C13H21N3O2/c1-3-16(7-8-18-4-2)12-9-10(14)5-6-11(12)13(15)17/h5-6,9H,3-4,7-8,14H2,1-2H3,(H2,15,17). The second kappa shape index (κ2) is 6.86. The highest BCUT2D eigenvalue weighted by atomic mass is 16.5. The van der Waals surface area contributed by atoms with Gasteiger partial charge in [-0.2, -0.15) is 0 Å². The number of carbonyl (C=O) groups excluding carboxylic acids is 1. The van der Waals surface area contributed by atoms with Crippen LogP contribution in [0.3, 0.4) is 0 Å². The van der Waals surface area contributed by atoms with Crippen LogP contribution in [-0.2, 0) is 4.74 Å². The number of nitrogens with two attached hydrogens (primary N) is 2. The molecule has 1 aromatic carbocycles. The maximum Gasteiger partial charge on any atom is 0.250 e. The molecule has 5 nitrogen and oxygen atoms in total. The molecule has 0 unspecified atom stereocenters. The highest BCUT2D eigenvalue weighted by Crippen LogP contribution is 2.23. The second-order valence-electron chi connectivity index (χ2n) is 3.92. The Morgan fingerprint density at radius 3 is 2.67 bits per heavy atom. The van der Waals surface area contributed by atoms with E-state index in [-0.39, 0.29) is 0 Å². The van der Waals surface area contributed by atoms with Gasteiger partial charge in [0, 0.05) is 25.4 Å². The fraction of sp³-hybridized carbons (Fsp3) is 0.462. The summed E-state index contributed by atoms with van der Waals surface area (Å²) in [6, 6.07) is 5.12. The lowest BCUT2D eigenvalue weighted by molar-refractivity contribution is 0.100. The van der Waals surface area contributed by atoms with Crippen LogP contribution in [0.15, 0.2) is 18.2 Å². The van der Waals surface area contributed by atoms with Gasteiger partial charge in [-0.15, -0.1) is 0 Å². The van der Waals surface area contributed by atoms with Crippen LogP contribution in [0.25, 0.3) is 0 Å². The van der Waals surface area contributed by atoms with Gasteiger partial charge >= 0.3 is 0 Å². The number of nitrogens with zero attached hydrogens (tertiary/aromatic N) is 1. The maximum atomic E-state index is 11.4. The molecule has 0 atom stereocenters. The van der Waals surface area contributed by atoms with Crippen molar-refractivity contribution in [3.63, 3.8) is 0 Å². The van der Waals surface area contributed by atoms with Crippen molar-refractivity contribution in [1.29, 1.82) is 0 Å². The van der Waals surface area contributed by atoms with Gasteiger partial charge in [0.2, 0.25) is 0 Å². The van der Waals surface area contributed by atoms with Crippen LogP contribution in [0.5, 0.6) is 0 Å². The van der Waals surface area contributed by atoms with Crippen molar-refractivity contribution in [2.75, 3.05) is 36.9 Å². The van der Waals surface area contributed by atoms with Gasteiger partial charge in [-0.25, -0.2) is 0 Å². The molecule has 0 heterocycles. The van der Waals surface area contributed by atoms with E-state index in [2.05, 4.69) is 0 Å². The first-order valence-electron chi connectivity index (χ1n) is 6.12. The minimum absolute atomic E-state index is 0.445. The molecule has 1 aromatic rings. The number of primary amides is 1. The fourth-order valence-corrected chi connectivity index (χ4v) is 1.79. The molecule has 1 rings (SSSR count). The van der Waals surface area contributed by atoms with E-state index in [0.29, 0.717) is 31.0 Å². The summed E-state index contributed by atoms with van der Waals surface area (Å²) in [5.41, 5.74) is 13.0. The molecule has 0 fully saturated rings. The first-order chi connectivity index (χ1) is 8.60. The van der Waals surface area contributed by atoms with Gasteiger partial charge in [0.15, 0.2) is 0 Å². The maximum absolute atomic E-state index is 11.4. The number of nitrogen functional groups attached to an aromatic ring is 1. The highest BCUT2D eigenvalue weighted by Gasteiger charge is 2.13. The molecule has 0 aliphatic rings. The number of benzene rings is 1. The average molecular weight is 251 g/mol. The number of carbonyl (C=O) groups is 1. The molecule has 0 spiro atoms. The Hall–Kier alpha value is -1.75. The monoisotopic (exact) mass is 251 g/mol. The smallest absolute Gasteiger partial charge is 0.250 e. The van der Waals surface area contributed by atoms with Gasteiger partial charge in [-0.05, 0) is 32.0 Å². The Bertz CT molecular complexity index is 407. The van der Waals surface area contributed by atoms with Crippen molar-refractivity contribution < 1.29 is 9.53 Å². The van der Waals surface area contributed by atoms with Crippen LogP contribution in [0.1, 0.15) is 24.2 Å². The first-order valence-corrected chi connectivity index (χ1v) is 6.12. The molecule has 0 aromatic heterocycles. The van der Waals surface area contributed by atoms with Gasteiger partial charge < -0.3 is 21.1 Å². The van der Waals surface area contributed by atoms with Crippen LogP contribution >= 0.6 is 0 Å². The molecular weight excluding hydrogens is 230 g/mol. The fourth-order valence-electron chi connectivity index (χ4n) is 1.79. The van der Waals surface area contributed by atoms with E-state index < -0.39 is 5.91 Å². The van der Waals surface area contributed by atoms with Crippen LogP contribution in [-0.4, -0.2) is 32.2 Å². The van der Waals surface area contributed by atoms with Gasteiger partial charge in [0.05, 0.1) is 17.9 Å². The van der Waals surface area contributed by atoms with Gasteiger partial charge in [0.1, 0.15) is 0 Å². The Kier molecular flexibility index (Phi) is 5.45. The number of rotatable bonds is 7. The minimum atomic E-state index is -0.445. The number of amides is 1. The summed E-state index contributed by atoms with van der Waals surface area (Å²) in [6.45, 7) is 6.71. The third-order valence-corrected chi connectivity index (χ3v) is 2.72. The number of likely N-dealkylation sites (N-methyl/N-ethyl adjacent to an activating group) is 1. The molecule has 0 bridgehead atoms. The quantitative estimate of drug-likeness (QED) is 0.564. The van der Waals surface area contributed by atoms with Gasteiger partial charge in [0.25, 0.3) is 5.91 Å². The van der Waals surface area contributed by atoms with Crippen LogP contribution in [0, 0.1) is 0 Å². The molecule has 0 aliphatic carbocycles. The molecule has 0 saturated heterocycles. The number of hydrogen-bond acceptors (Lipinski definition) is 4. The van der Waals surface area contributed by atoms with Crippen molar-refractivity contribution in [2.45, 2.75) is 13.8 Å². The number of hydrogen-bond donors (Lipinski definition) is 2. The lowest BCUT2D eigenvalue weighted by Crippen LogP contribution is -2.29. The van der Waals surface area contributed by atoms with Crippen LogP contribution in [0.2, 0.25) is 0 Å². The van der Waals surface area contributed by atoms with Crippen molar-refractivity contribution in [1.82, 2.24) is 0 Å². The molecule has 0 saturated carbocycles. The molecule has 18 heavy (non-hydrogen) atoms. The largest absolute Gasteiger partial charge is 0.399 e. The molecule has 0 radical (unpaired) electrons. The SMILES string of the molecule is CCOCCN(CC)c1cc(N)ccc1C(N)=O. The van der Waals surface area contributed by atoms with E-state index in [9.17, 15) is 4.79 Å². The summed E-state index contributed by atoms with van der Waals surface area (Å²) < 4.78 is 5.33. The van der Waals surface area contributed by atoms with E-state index in [1.807, 2.05) is 18.7 Å². The summed E-state index contributed by atoms with van der Waals surface area (Å²) in [4.78, 5) is 13.4. The van der Waals surface area contributed by atoms with Crippen molar-refractivity contribution in [3.05, 3.63) is 23.8 Å². The Labute approximate surface area is 108 Å². The zero-order chi connectivity index (χ0) is 13.5. The zero-order valence-corrected chi connectivity index (χ0v) is 11.0. The second-order valence-corrected chi connectivity index (χ2v) is 3.92. The Balaban J connectivity index is 2.95. The lowest BCUT2D eigenvalue weighted by atomic mass is 10.1. The highest BCUT2D eigenvalue weighted by molar-refractivity contribution is 5.99. The van der Waals surface area contributed by atoms with E-state index in [1.165, 1.54) is 0 Å². The summed E-state index contributed by atoms with van der Waals surface area (Å²) >= 11 is 0. The molecule has 4 N–H and O–H groups in total. The molecular formula is C13H21N3O2. The van der Waals surface area contributed by atoms with E-state index in [0.717, 1.165) is 12.2 Å². The number of anilines is 2. The van der Waals surface area contributed by atoms with Crippen LogP contribution < -0.4 is 16.4 Å². The summed E-state index contributed by atoms with van der Waals surface area (Å²) in [5.74, 6) is -0.445. The molecule has 1 amide bonds. The molecule has 100 valence electrons. The number of ether oxygens (including phenoxy) is 1. The average Bonchev–Trinajstić information content (AvgIpc) is 2.34. The lowest BCUT2D eigenvalue weighted by Gasteiger charge is -2.25. The zero-order valence-electron chi connectivity index (χ0n) is 11.0. The van der Waals surface area contributed by atoms with Gasteiger partial charge in [-0.3, -0.25) is 4.79 Å². The van der Waals surface area contributed by atoms with Crippen molar-refractivity contribution in [2.24, 2.45) is 5.73 Å². The molecule has 5 heteroatoms. The van der Waals surface area contributed by atoms with E-state index >= 15 is 0 Å². The summed E-state index contributed by atoms with van der Waals surface area (Å²) in [7, 11) is 0. The Morgan fingerprint density at radius 2 is 2.11 bits per heavy atom. The van der Waals surface area contributed by atoms with Gasteiger partial charge in [-0.1, -0.05) is 0 Å². The predicted octanol–water partition coefficient (Wildman–Crippen LogP) is 1.23. The van der Waals surface area contributed by atoms with Crippen molar-refractivity contribution >= 4 is 17.3 Å².